The van der Waals surface area contributed by atoms with Gasteiger partial charge in [0.15, 0.2) is 17.5 Å². The average Bonchev–Trinajstić information content (AvgIpc) is 3.82. The Morgan fingerprint density at radius 3 is 1.98 bits per heavy atom. The van der Waals surface area contributed by atoms with Crippen LogP contribution in [0.4, 0.5) is 0 Å². The van der Waals surface area contributed by atoms with Gasteiger partial charge >= 0.3 is 0 Å². The van der Waals surface area contributed by atoms with Crippen LogP contribution in [-0.4, -0.2) is 15.0 Å². The molecule has 5 heteroatoms. The Balaban J connectivity index is 1.05. The minimum atomic E-state index is 0.375. The molecule has 3 aromatic heterocycles. The predicted molar refractivity (Wildman–Crippen MR) is 219 cm³/mol. The second kappa shape index (κ2) is 12.2. The van der Waals surface area contributed by atoms with Crippen LogP contribution in [0, 0.1) is 0 Å². The molecule has 0 bridgehead atoms. The molecule has 0 aliphatic heterocycles. The summed E-state index contributed by atoms with van der Waals surface area (Å²) in [6, 6.07) is 52.1. The van der Waals surface area contributed by atoms with E-state index in [9.17, 15) is 0 Å². The van der Waals surface area contributed by atoms with E-state index in [2.05, 4.69) is 109 Å². The van der Waals surface area contributed by atoms with Crippen molar-refractivity contribution in [3.05, 3.63) is 181 Å². The molecule has 0 saturated carbocycles. The number of rotatable bonds is 5. The zero-order valence-corrected chi connectivity index (χ0v) is 29.1. The van der Waals surface area contributed by atoms with Crippen molar-refractivity contribution in [2.75, 3.05) is 0 Å². The topological polar surface area (TPSA) is 65.0 Å². The predicted octanol–water partition coefficient (Wildman–Crippen LogP) is 13.0. The summed E-state index contributed by atoms with van der Waals surface area (Å²) in [4.78, 5) is 15.1. The Labute approximate surface area is 310 Å². The number of hydrogen-bond donors (Lipinski definition) is 0. The summed E-state index contributed by atoms with van der Waals surface area (Å²) in [5, 5.41) is 6.63. The third kappa shape index (κ3) is 4.97. The smallest absolute Gasteiger partial charge is 0.167 e. The highest BCUT2D eigenvalue weighted by atomic mass is 16.3. The van der Waals surface area contributed by atoms with E-state index in [1.54, 1.807) is 0 Å². The van der Waals surface area contributed by atoms with Gasteiger partial charge in [0.2, 0.25) is 0 Å². The third-order valence-electron chi connectivity index (χ3n) is 10.7. The first-order valence-electron chi connectivity index (χ1n) is 18.3. The van der Waals surface area contributed by atoms with Crippen LogP contribution in [0.1, 0.15) is 23.5 Å². The largest absolute Gasteiger partial charge is 0.456 e. The maximum atomic E-state index is 6.73. The van der Waals surface area contributed by atoms with Crippen molar-refractivity contribution in [3.8, 4) is 34.2 Å². The summed E-state index contributed by atoms with van der Waals surface area (Å²) in [5.41, 5.74) is 9.51. The van der Waals surface area contributed by atoms with E-state index in [1.807, 2.05) is 60.7 Å². The Morgan fingerprint density at radius 2 is 1.17 bits per heavy atom. The minimum Gasteiger partial charge on any atom is -0.456 e. The number of nitrogens with zero attached hydrogens (tertiary/aromatic N) is 3. The Bertz CT molecular complexity index is 3140. The number of aromatic nitrogens is 3. The summed E-state index contributed by atoms with van der Waals surface area (Å²) in [5.74, 6) is 2.07. The van der Waals surface area contributed by atoms with Crippen molar-refractivity contribution < 1.29 is 8.83 Å². The normalized spacial score (nSPS) is 14.4. The van der Waals surface area contributed by atoms with Crippen LogP contribution in [0.5, 0.6) is 0 Å². The molecule has 3 heterocycles. The molecule has 5 nitrogen and oxygen atoms in total. The molecule has 7 aromatic carbocycles. The van der Waals surface area contributed by atoms with Crippen molar-refractivity contribution in [2.24, 2.45) is 0 Å². The summed E-state index contributed by atoms with van der Waals surface area (Å²) in [6.07, 6.45) is 7.91. The summed E-state index contributed by atoms with van der Waals surface area (Å²) in [7, 11) is 0. The fraction of sp³-hybridized carbons (Fsp3) is 0.0408. The lowest BCUT2D eigenvalue weighted by Gasteiger charge is -2.18. The highest BCUT2D eigenvalue weighted by molar-refractivity contribution is 6.21. The fourth-order valence-electron chi connectivity index (χ4n) is 8.05. The van der Waals surface area contributed by atoms with Crippen LogP contribution in [0.15, 0.2) is 179 Å². The lowest BCUT2D eigenvalue weighted by molar-refractivity contribution is 0.668. The molecule has 10 aromatic rings. The number of hydrogen-bond acceptors (Lipinski definition) is 5. The van der Waals surface area contributed by atoms with Gasteiger partial charge in [-0.05, 0) is 64.2 Å². The number of benzene rings is 7. The van der Waals surface area contributed by atoms with E-state index < -0.39 is 0 Å². The molecule has 1 aliphatic rings. The summed E-state index contributed by atoms with van der Waals surface area (Å²) in [6.45, 7) is 0. The molecular weight excluding hydrogens is 663 g/mol. The van der Waals surface area contributed by atoms with Crippen molar-refractivity contribution in [1.82, 2.24) is 15.0 Å². The number of allylic oxidation sites excluding steroid dienone is 4. The van der Waals surface area contributed by atoms with Crippen molar-refractivity contribution in [2.45, 2.75) is 12.3 Å². The van der Waals surface area contributed by atoms with Crippen LogP contribution in [-0.2, 0) is 0 Å². The SMILES string of the molecule is C1=CC(c2ccccc2)CC=C1c1cc2oc3cc(-c4nc(-c5ccccc5)nc(-c5cccc6c5oc5ccccc56)n4)ccc3c2c2ccccc12. The quantitative estimate of drug-likeness (QED) is 0.179. The van der Waals surface area contributed by atoms with Gasteiger partial charge in [0.1, 0.15) is 22.3 Å². The first-order valence-corrected chi connectivity index (χ1v) is 18.3. The molecule has 11 rings (SSSR count). The fourth-order valence-corrected chi connectivity index (χ4v) is 8.05. The number of furan rings is 2. The maximum Gasteiger partial charge on any atom is 0.167 e. The van der Waals surface area contributed by atoms with E-state index in [4.69, 9.17) is 23.8 Å². The van der Waals surface area contributed by atoms with Gasteiger partial charge in [-0.25, -0.2) is 15.0 Å². The first-order chi connectivity index (χ1) is 26.7. The molecule has 1 unspecified atom stereocenters. The lowest BCUT2D eigenvalue weighted by Crippen LogP contribution is -2.00. The third-order valence-corrected chi connectivity index (χ3v) is 10.7. The molecule has 0 spiro atoms. The zero-order valence-electron chi connectivity index (χ0n) is 29.1. The van der Waals surface area contributed by atoms with Crippen LogP contribution in [0.3, 0.4) is 0 Å². The first kappa shape index (κ1) is 30.5. The molecule has 0 saturated heterocycles. The molecule has 0 amide bonds. The Kier molecular flexibility index (Phi) is 6.92. The van der Waals surface area contributed by atoms with Gasteiger partial charge in [0.05, 0.1) is 5.56 Å². The van der Waals surface area contributed by atoms with Gasteiger partial charge in [-0.3, -0.25) is 0 Å². The molecule has 0 fully saturated rings. The van der Waals surface area contributed by atoms with Crippen LogP contribution < -0.4 is 0 Å². The van der Waals surface area contributed by atoms with Crippen molar-refractivity contribution >= 4 is 60.2 Å². The van der Waals surface area contributed by atoms with Crippen molar-refractivity contribution in [3.63, 3.8) is 0 Å². The summed E-state index contributed by atoms with van der Waals surface area (Å²) >= 11 is 0. The molecule has 0 N–H and O–H groups in total. The molecule has 54 heavy (non-hydrogen) atoms. The molecule has 1 atom stereocenters. The van der Waals surface area contributed by atoms with E-state index in [0.29, 0.717) is 23.4 Å². The monoisotopic (exact) mass is 693 g/mol. The van der Waals surface area contributed by atoms with E-state index in [0.717, 1.165) is 67.0 Å². The summed E-state index contributed by atoms with van der Waals surface area (Å²) < 4.78 is 13.1. The van der Waals surface area contributed by atoms with E-state index >= 15 is 0 Å². The maximum absolute atomic E-state index is 6.73. The van der Waals surface area contributed by atoms with Crippen LogP contribution >= 0.6 is 0 Å². The van der Waals surface area contributed by atoms with Gasteiger partial charge in [-0.15, -0.1) is 0 Å². The zero-order chi connectivity index (χ0) is 35.6. The second-order valence-electron chi connectivity index (χ2n) is 13.9. The van der Waals surface area contributed by atoms with Gasteiger partial charge in [0.25, 0.3) is 0 Å². The van der Waals surface area contributed by atoms with Gasteiger partial charge in [0, 0.05) is 38.6 Å². The molecule has 254 valence electrons. The number of para-hydroxylation sites is 2. The highest BCUT2D eigenvalue weighted by Crippen LogP contribution is 2.42. The molecule has 1 aliphatic carbocycles. The number of fused-ring (bicyclic) bond motifs is 8. The second-order valence-corrected chi connectivity index (χ2v) is 13.9. The van der Waals surface area contributed by atoms with Gasteiger partial charge in [-0.2, -0.15) is 0 Å². The van der Waals surface area contributed by atoms with Crippen molar-refractivity contribution in [1.29, 1.82) is 0 Å². The molecular formula is C49H31N3O2. The van der Waals surface area contributed by atoms with E-state index in [1.165, 1.54) is 27.5 Å². The highest BCUT2D eigenvalue weighted by Gasteiger charge is 2.21. The van der Waals surface area contributed by atoms with Crippen LogP contribution in [0.2, 0.25) is 0 Å². The molecule has 0 radical (unpaired) electrons. The van der Waals surface area contributed by atoms with E-state index in [-0.39, 0.29) is 0 Å². The average molecular weight is 694 g/mol. The van der Waals surface area contributed by atoms with Gasteiger partial charge in [-0.1, -0.05) is 140 Å². The Morgan fingerprint density at radius 1 is 0.463 bits per heavy atom. The Hall–Kier alpha value is -7.11. The van der Waals surface area contributed by atoms with Crippen LogP contribution in [0.25, 0.3) is 94.4 Å². The minimum absolute atomic E-state index is 0.375. The van der Waals surface area contributed by atoms with Gasteiger partial charge < -0.3 is 8.83 Å². The standard InChI is InChI=1S/C49H31N3O2/c1-3-12-30(13-4-1)31-22-24-32(25-23-31)41-29-44-45(37-18-8-7-16-35(37)41)39-27-26-34(28-43(39)53-44)48-50-47(33-14-5-2-6-15-33)51-49(52-48)40-20-11-19-38-36-17-9-10-21-42(36)54-46(38)40/h1-22,24-29,31H,23H2. The lowest BCUT2D eigenvalue weighted by atomic mass is 9.86.